The number of rotatable bonds is 2. The second-order valence-electron chi connectivity index (χ2n) is 5.69. The van der Waals surface area contributed by atoms with E-state index in [0.717, 1.165) is 0 Å². The summed E-state index contributed by atoms with van der Waals surface area (Å²) in [5, 5.41) is 2.29. The molecule has 2 aromatic rings. The summed E-state index contributed by atoms with van der Waals surface area (Å²) in [7, 11) is 1.30. The van der Waals surface area contributed by atoms with Crippen molar-refractivity contribution in [3.8, 4) is 0 Å². The fourth-order valence-electron chi connectivity index (χ4n) is 3.09. The molecule has 1 amide bonds. The minimum absolute atomic E-state index is 0.0207. The molecule has 1 saturated heterocycles. The van der Waals surface area contributed by atoms with Gasteiger partial charge < -0.3 is 14.2 Å². The number of ether oxygens (including phenoxy) is 1. The summed E-state index contributed by atoms with van der Waals surface area (Å²) in [6, 6.07) is 5.46. The number of hydrogen-bond acceptors (Lipinski definition) is 4. The average Bonchev–Trinajstić information content (AvgIpc) is 3.02. The molecule has 1 aliphatic heterocycles. The SMILES string of the molecule is COC(=O)N1CC[C@@H](c2cc(=O)[nH]o2)C[C@H]1c1ccc(Cl)c(F)c1. The summed E-state index contributed by atoms with van der Waals surface area (Å²) >= 11 is 5.74. The van der Waals surface area contributed by atoms with Crippen molar-refractivity contribution in [1.29, 1.82) is 0 Å². The minimum Gasteiger partial charge on any atom is -0.453 e. The van der Waals surface area contributed by atoms with Crippen molar-refractivity contribution in [3.63, 3.8) is 0 Å². The highest BCUT2D eigenvalue weighted by molar-refractivity contribution is 6.30. The lowest BCUT2D eigenvalue weighted by molar-refractivity contribution is 0.0814. The van der Waals surface area contributed by atoms with Crippen LogP contribution >= 0.6 is 11.6 Å². The largest absolute Gasteiger partial charge is 0.453 e. The second-order valence-corrected chi connectivity index (χ2v) is 6.10. The van der Waals surface area contributed by atoms with E-state index in [1.165, 1.54) is 25.3 Å². The number of aromatic amines is 1. The number of carbonyl (C=O) groups is 1. The highest BCUT2D eigenvalue weighted by Gasteiger charge is 2.35. The van der Waals surface area contributed by atoms with E-state index < -0.39 is 18.0 Å². The predicted octanol–water partition coefficient (Wildman–Crippen LogP) is 3.45. The van der Waals surface area contributed by atoms with Crippen molar-refractivity contribution in [2.45, 2.75) is 24.8 Å². The number of likely N-dealkylation sites (tertiary alicyclic amines) is 1. The van der Waals surface area contributed by atoms with Crippen LogP contribution in [0.5, 0.6) is 0 Å². The van der Waals surface area contributed by atoms with Crippen molar-refractivity contribution in [2.75, 3.05) is 13.7 Å². The zero-order valence-corrected chi connectivity index (χ0v) is 13.7. The Morgan fingerprint density at radius 2 is 2.25 bits per heavy atom. The molecule has 0 spiro atoms. The number of piperidine rings is 1. The molecule has 2 heterocycles. The first-order chi connectivity index (χ1) is 11.5. The van der Waals surface area contributed by atoms with Gasteiger partial charge in [0.1, 0.15) is 11.6 Å². The number of amides is 1. The Bertz CT molecular complexity index is 803. The number of nitrogens with zero attached hydrogens (tertiary/aromatic N) is 1. The van der Waals surface area contributed by atoms with Crippen molar-refractivity contribution in [1.82, 2.24) is 10.1 Å². The molecule has 6 nitrogen and oxygen atoms in total. The molecule has 0 unspecified atom stereocenters. The van der Waals surface area contributed by atoms with E-state index in [1.807, 2.05) is 0 Å². The molecule has 24 heavy (non-hydrogen) atoms. The van der Waals surface area contributed by atoms with E-state index >= 15 is 0 Å². The molecule has 0 radical (unpaired) electrons. The fraction of sp³-hybridized carbons (Fsp3) is 0.375. The summed E-state index contributed by atoms with van der Waals surface area (Å²) in [5.41, 5.74) is 0.305. The van der Waals surface area contributed by atoms with Gasteiger partial charge in [-0.1, -0.05) is 17.7 Å². The van der Waals surface area contributed by atoms with E-state index in [9.17, 15) is 14.0 Å². The minimum atomic E-state index is -0.547. The Morgan fingerprint density at radius 3 is 2.88 bits per heavy atom. The molecule has 3 rings (SSSR count). The zero-order chi connectivity index (χ0) is 17.3. The number of methoxy groups -OCH3 is 1. The maximum Gasteiger partial charge on any atom is 0.409 e. The van der Waals surface area contributed by atoms with E-state index in [2.05, 4.69) is 5.16 Å². The number of benzene rings is 1. The van der Waals surface area contributed by atoms with Crippen LogP contribution in [0.3, 0.4) is 0 Å². The van der Waals surface area contributed by atoms with Gasteiger partial charge in [-0.25, -0.2) is 9.18 Å². The van der Waals surface area contributed by atoms with Crippen molar-refractivity contribution in [2.24, 2.45) is 0 Å². The van der Waals surface area contributed by atoms with E-state index in [0.29, 0.717) is 30.7 Å². The molecule has 8 heteroatoms. The molecule has 0 aliphatic carbocycles. The van der Waals surface area contributed by atoms with Crippen molar-refractivity contribution < 1.29 is 18.4 Å². The van der Waals surface area contributed by atoms with Crippen LogP contribution in [0.15, 0.2) is 33.6 Å². The molecule has 1 N–H and O–H groups in total. The monoisotopic (exact) mass is 354 g/mol. The normalized spacial score (nSPS) is 20.9. The highest BCUT2D eigenvalue weighted by atomic mass is 35.5. The Morgan fingerprint density at radius 1 is 1.46 bits per heavy atom. The highest BCUT2D eigenvalue weighted by Crippen LogP contribution is 2.39. The number of hydrogen-bond donors (Lipinski definition) is 1. The Hall–Kier alpha value is -2.28. The Kier molecular flexibility index (Phi) is 4.62. The molecule has 128 valence electrons. The lowest BCUT2D eigenvalue weighted by Gasteiger charge is -2.38. The second kappa shape index (κ2) is 6.68. The fourth-order valence-corrected chi connectivity index (χ4v) is 3.21. The molecule has 2 atom stereocenters. The van der Waals surface area contributed by atoms with Gasteiger partial charge in [0, 0.05) is 18.5 Å². The average molecular weight is 355 g/mol. The summed E-state index contributed by atoms with van der Waals surface area (Å²) in [4.78, 5) is 24.9. The third-order valence-electron chi connectivity index (χ3n) is 4.29. The van der Waals surface area contributed by atoms with E-state index in [-0.39, 0.29) is 16.5 Å². The topological polar surface area (TPSA) is 75.5 Å². The van der Waals surface area contributed by atoms with Gasteiger partial charge in [-0.3, -0.25) is 4.79 Å². The zero-order valence-electron chi connectivity index (χ0n) is 12.9. The van der Waals surface area contributed by atoms with Crippen LogP contribution in [0.2, 0.25) is 5.02 Å². The molecule has 0 bridgehead atoms. The number of H-pyrrole nitrogens is 1. The molecule has 1 aromatic heterocycles. The standard InChI is InChI=1S/C16H16ClFN2O4/c1-23-16(22)20-5-4-10(14-8-15(21)19-24-14)7-13(20)9-2-3-11(17)12(18)6-9/h2-3,6,8,10,13H,4-5,7H2,1H3,(H,19,21)/t10-,13+/m1/s1. The van der Waals surface area contributed by atoms with Crippen LogP contribution in [0.25, 0.3) is 0 Å². The lowest BCUT2D eigenvalue weighted by atomic mass is 9.86. The van der Waals surface area contributed by atoms with Crippen molar-refractivity contribution in [3.05, 3.63) is 56.8 Å². The third kappa shape index (κ3) is 3.17. The van der Waals surface area contributed by atoms with E-state index in [1.54, 1.807) is 11.0 Å². The van der Waals surface area contributed by atoms with Gasteiger partial charge in [-0.2, -0.15) is 5.16 Å². The molecule has 0 saturated carbocycles. The first-order valence-corrected chi connectivity index (χ1v) is 7.85. The number of aromatic nitrogens is 1. The van der Waals surface area contributed by atoms with Gasteiger partial charge in [0.2, 0.25) is 0 Å². The van der Waals surface area contributed by atoms with Gasteiger partial charge >= 0.3 is 6.09 Å². The first-order valence-electron chi connectivity index (χ1n) is 7.47. The number of carbonyl (C=O) groups excluding carboxylic acids is 1. The Balaban J connectivity index is 1.93. The van der Waals surface area contributed by atoms with Gasteiger partial charge in [-0.15, -0.1) is 0 Å². The molecule has 1 fully saturated rings. The van der Waals surface area contributed by atoms with E-state index in [4.69, 9.17) is 20.9 Å². The van der Waals surface area contributed by atoms with Crippen LogP contribution < -0.4 is 5.56 Å². The summed E-state index contributed by atoms with van der Waals surface area (Å²) in [6.07, 6.45) is 0.615. The predicted molar refractivity (Wildman–Crippen MR) is 84.6 cm³/mol. The van der Waals surface area contributed by atoms with Gasteiger partial charge in [-0.05, 0) is 30.5 Å². The number of halogens is 2. The van der Waals surface area contributed by atoms with Crippen LogP contribution in [0.1, 0.15) is 36.1 Å². The molecule has 1 aliphatic rings. The first kappa shape index (κ1) is 16.6. The number of nitrogens with one attached hydrogen (secondary N) is 1. The van der Waals surface area contributed by atoms with Crippen LogP contribution in [0.4, 0.5) is 9.18 Å². The third-order valence-corrected chi connectivity index (χ3v) is 4.59. The maximum atomic E-state index is 13.8. The van der Waals surface area contributed by atoms with Gasteiger partial charge in [0.15, 0.2) is 0 Å². The van der Waals surface area contributed by atoms with Crippen molar-refractivity contribution >= 4 is 17.7 Å². The molecular formula is C16H16ClFN2O4. The van der Waals surface area contributed by atoms with Gasteiger partial charge in [0.05, 0.1) is 18.2 Å². The molecule has 1 aromatic carbocycles. The van der Waals surface area contributed by atoms with Crippen LogP contribution in [-0.2, 0) is 4.74 Å². The summed E-state index contributed by atoms with van der Waals surface area (Å²) in [6.45, 7) is 0.404. The quantitative estimate of drug-likeness (QED) is 0.896. The summed E-state index contributed by atoms with van der Waals surface area (Å²) < 4.78 is 23.8. The Labute approximate surface area is 142 Å². The van der Waals surface area contributed by atoms with Crippen LogP contribution in [0, 0.1) is 5.82 Å². The lowest BCUT2D eigenvalue weighted by Crippen LogP contribution is -2.40. The maximum absolute atomic E-state index is 13.8. The van der Waals surface area contributed by atoms with Crippen LogP contribution in [-0.4, -0.2) is 29.8 Å². The molecular weight excluding hydrogens is 339 g/mol. The summed E-state index contributed by atoms with van der Waals surface area (Å²) in [5.74, 6) is -0.0770. The smallest absolute Gasteiger partial charge is 0.409 e. The van der Waals surface area contributed by atoms with Gasteiger partial charge in [0.25, 0.3) is 5.56 Å².